The zero-order valence-electron chi connectivity index (χ0n) is 20.5. The zero-order chi connectivity index (χ0) is 25.0. The molecule has 0 fully saturated rings. The van der Waals surface area contributed by atoms with Gasteiger partial charge in [-0.05, 0) is 42.8 Å². The summed E-state index contributed by atoms with van der Waals surface area (Å²) >= 11 is 0. The van der Waals surface area contributed by atoms with Crippen molar-refractivity contribution < 1.29 is 33.2 Å². The molecule has 0 radical (unpaired) electrons. The highest BCUT2D eigenvalue weighted by atomic mass is 16.7. The number of esters is 1. The van der Waals surface area contributed by atoms with E-state index < -0.39 is 12.1 Å². The largest absolute Gasteiger partial charge is 0.493 e. The van der Waals surface area contributed by atoms with Gasteiger partial charge in [0.1, 0.15) is 11.7 Å². The summed E-state index contributed by atoms with van der Waals surface area (Å²) in [5, 5.41) is 0. The lowest BCUT2D eigenvalue weighted by molar-refractivity contribution is 0.00877. The van der Waals surface area contributed by atoms with Crippen LogP contribution >= 0.6 is 0 Å². The average Bonchev–Trinajstić information content (AvgIpc) is 3.52. The number of carbonyl (C=O) groups excluding carboxylic acids is 1. The minimum absolute atomic E-state index is 0.103. The van der Waals surface area contributed by atoms with Gasteiger partial charge in [-0.3, -0.25) is 9.88 Å². The Morgan fingerprint density at radius 1 is 0.944 bits per heavy atom. The second-order valence-corrected chi connectivity index (χ2v) is 8.87. The number of aromatic nitrogens is 1. The van der Waals surface area contributed by atoms with E-state index in [-0.39, 0.29) is 12.8 Å². The first kappa shape index (κ1) is 22.5. The average molecular weight is 491 g/mol. The normalized spacial score (nSPS) is 19.9. The van der Waals surface area contributed by atoms with E-state index in [1.807, 2.05) is 25.2 Å². The minimum atomic E-state index is -0.587. The van der Waals surface area contributed by atoms with Crippen LogP contribution in [0.1, 0.15) is 39.2 Å². The van der Waals surface area contributed by atoms with Gasteiger partial charge in [0.15, 0.2) is 23.0 Å². The molecule has 3 aliphatic heterocycles. The van der Waals surface area contributed by atoms with Crippen molar-refractivity contribution in [2.45, 2.75) is 18.6 Å². The van der Waals surface area contributed by atoms with Crippen molar-refractivity contribution in [3.8, 4) is 39.9 Å². The van der Waals surface area contributed by atoms with Crippen molar-refractivity contribution in [3.05, 3.63) is 58.9 Å². The first-order valence-corrected chi connectivity index (χ1v) is 11.7. The fraction of sp³-hybridized carbons (Fsp3) is 0.333. The number of cyclic esters (lactones) is 1. The van der Waals surface area contributed by atoms with Crippen molar-refractivity contribution in [2.24, 2.45) is 0 Å². The van der Waals surface area contributed by atoms with Crippen LogP contribution in [0.15, 0.2) is 36.7 Å². The van der Waals surface area contributed by atoms with Gasteiger partial charge in [0.05, 0.1) is 27.4 Å². The second kappa shape index (κ2) is 8.60. The number of pyridine rings is 1. The van der Waals surface area contributed by atoms with Gasteiger partial charge in [-0.15, -0.1) is 0 Å². The number of ether oxygens (including phenoxy) is 6. The van der Waals surface area contributed by atoms with E-state index in [0.29, 0.717) is 34.3 Å². The predicted octanol–water partition coefficient (Wildman–Crippen LogP) is 3.94. The molecule has 2 unspecified atom stereocenters. The monoisotopic (exact) mass is 490 g/mol. The van der Waals surface area contributed by atoms with Gasteiger partial charge in [0.2, 0.25) is 12.5 Å². The zero-order valence-corrected chi connectivity index (χ0v) is 20.5. The molecule has 0 saturated heterocycles. The van der Waals surface area contributed by atoms with Gasteiger partial charge in [-0.2, -0.15) is 0 Å². The number of rotatable bonds is 5. The number of benzene rings is 2. The maximum atomic E-state index is 13.2. The highest BCUT2D eigenvalue weighted by Crippen LogP contribution is 2.58. The molecule has 186 valence electrons. The maximum Gasteiger partial charge on any atom is 0.343 e. The lowest BCUT2D eigenvalue weighted by Crippen LogP contribution is -2.36. The molecule has 2 aromatic carbocycles. The number of fused-ring (bicyclic) bond motifs is 3. The van der Waals surface area contributed by atoms with Crippen LogP contribution in [0.4, 0.5) is 0 Å². The van der Waals surface area contributed by atoms with E-state index >= 15 is 0 Å². The predicted molar refractivity (Wildman–Crippen MR) is 129 cm³/mol. The van der Waals surface area contributed by atoms with Gasteiger partial charge in [-0.1, -0.05) is 6.07 Å². The number of carbonyl (C=O) groups is 1. The van der Waals surface area contributed by atoms with E-state index in [2.05, 4.69) is 9.88 Å². The third-order valence-corrected chi connectivity index (χ3v) is 7.19. The molecule has 0 spiro atoms. The number of methoxy groups -OCH3 is 3. The third kappa shape index (κ3) is 3.12. The van der Waals surface area contributed by atoms with Crippen molar-refractivity contribution in [2.75, 3.05) is 41.7 Å². The standard InChI is InChI=1S/C27H26N2O7/c1-29-12-9-15-18(14-7-10-28-11-8-14)25-26(35-13-34-25)24(33-4)19(15)21(29)22-16-5-6-17(31-2)23(32-3)20(16)27(30)36-22/h5-8,10-11,21-22H,9,12-13H2,1-4H3. The quantitative estimate of drug-likeness (QED) is 0.494. The summed E-state index contributed by atoms with van der Waals surface area (Å²) in [5.41, 5.74) is 5.06. The Morgan fingerprint density at radius 3 is 2.42 bits per heavy atom. The van der Waals surface area contributed by atoms with Gasteiger partial charge in [0, 0.05) is 35.6 Å². The Kier molecular flexibility index (Phi) is 5.37. The smallest absolute Gasteiger partial charge is 0.343 e. The van der Waals surface area contributed by atoms with E-state index in [1.165, 1.54) is 7.11 Å². The summed E-state index contributed by atoms with van der Waals surface area (Å²) in [6, 6.07) is 7.26. The van der Waals surface area contributed by atoms with Crippen molar-refractivity contribution in [3.63, 3.8) is 0 Å². The van der Waals surface area contributed by atoms with Crippen molar-refractivity contribution in [1.29, 1.82) is 0 Å². The van der Waals surface area contributed by atoms with Crippen molar-refractivity contribution >= 4 is 5.97 Å². The van der Waals surface area contributed by atoms with E-state index in [4.69, 9.17) is 28.4 Å². The molecule has 0 bridgehead atoms. The fourth-order valence-corrected chi connectivity index (χ4v) is 5.66. The van der Waals surface area contributed by atoms with Gasteiger partial charge < -0.3 is 28.4 Å². The van der Waals surface area contributed by atoms with Gasteiger partial charge in [0.25, 0.3) is 0 Å². The SMILES string of the molecule is COc1ccc2c(c1OC)C(=O)OC2C1c2c(c(-c3ccncc3)c3c(c2OC)OCO3)CCN1C. The Labute approximate surface area is 208 Å². The van der Waals surface area contributed by atoms with Crippen LogP contribution in [-0.4, -0.2) is 57.6 Å². The molecule has 6 rings (SSSR count). The molecule has 9 heteroatoms. The number of hydrogen-bond acceptors (Lipinski definition) is 9. The first-order chi connectivity index (χ1) is 17.6. The molecular formula is C27H26N2O7. The highest BCUT2D eigenvalue weighted by molar-refractivity contribution is 5.98. The van der Waals surface area contributed by atoms with E-state index in [0.717, 1.165) is 40.8 Å². The van der Waals surface area contributed by atoms with Gasteiger partial charge in [-0.25, -0.2) is 4.79 Å². The van der Waals surface area contributed by atoms with Crippen LogP contribution in [0.25, 0.3) is 11.1 Å². The number of likely N-dealkylation sites (N-methyl/N-ethyl adjacent to an activating group) is 1. The van der Waals surface area contributed by atoms with E-state index in [1.54, 1.807) is 32.7 Å². The fourth-order valence-electron chi connectivity index (χ4n) is 5.66. The maximum absolute atomic E-state index is 13.2. The highest BCUT2D eigenvalue weighted by Gasteiger charge is 2.47. The first-order valence-electron chi connectivity index (χ1n) is 11.7. The van der Waals surface area contributed by atoms with Crippen LogP contribution in [0.5, 0.6) is 28.7 Å². The summed E-state index contributed by atoms with van der Waals surface area (Å²) in [5.74, 6) is 2.22. The minimum Gasteiger partial charge on any atom is -0.493 e. The molecular weight excluding hydrogens is 464 g/mol. The Bertz CT molecular complexity index is 1360. The third-order valence-electron chi connectivity index (χ3n) is 7.19. The Hall–Kier alpha value is -3.98. The molecule has 0 amide bonds. The summed E-state index contributed by atoms with van der Waals surface area (Å²) < 4.78 is 34.9. The molecule has 1 aromatic heterocycles. The molecule has 36 heavy (non-hydrogen) atoms. The second-order valence-electron chi connectivity index (χ2n) is 8.87. The lowest BCUT2D eigenvalue weighted by atomic mass is 9.81. The van der Waals surface area contributed by atoms with Crippen LogP contribution < -0.4 is 23.7 Å². The molecule has 0 aliphatic carbocycles. The molecule has 2 atom stereocenters. The lowest BCUT2D eigenvalue weighted by Gasteiger charge is -2.39. The molecule has 9 nitrogen and oxygen atoms in total. The Balaban J connectivity index is 1.60. The van der Waals surface area contributed by atoms with Crippen LogP contribution in [0.2, 0.25) is 0 Å². The molecule has 3 aromatic rings. The van der Waals surface area contributed by atoms with E-state index in [9.17, 15) is 4.79 Å². The molecule has 4 heterocycles. The summed E-state index contributed by atoms with van der Waals surface area (Å²) in [6.07, 6.45) is 3.69. The molecule has 0 saturated carbocycles. The van der Waals surface area contributed by atoms with Crippen LogP contribution in [0, 0.1) is 0 Å². The topological polar surface area (TPSA) is 88.6 Å². The summed E-state index contributed by atoms with van der Waals surface area (Å²) in [7, 11) is 6.71. The van der Waals surface area contributed by atoms with Crippen LogP contribution in [0.3, 0.4) is 0 Å². The van der Waals surface area contributed by atoms with Crippen LogP contribution in [-0.2, 0) is 11.2 Å². The summed E-state index contributed by atoms with van der Waals surface area (Å²) in [4.78, 5) is 19.5. The molecule has 0 N–H and O–H groups in total. The summed E-state index contributed by atoms with van der Waals surface area (Å²) in [6.45, 7) is 0.848. The Morgan fingerprint density at radius 2 is 1.69 bits per heavy atom. The number of hydrogen-bond donors (Lipinski definition) is 0. The molecule has 3 aliphatic rings. The number of nitrogens with zero attached hydrogens (tertiary/aromatic N) is 2. The van der Waals surface area contributed by atoms with Crippen molar-refractivity contribution in [1.82, 2.24) is 9.88 Å². The van der Waals surface area contributed by atoms with Gasteiger partial charge >= 0.3 is 5.97 Å².